The third kappa shape index (κ3) is 2.03. The maximum atomic E-state index is 10.2. The van der Waals surface area contributed by atoms with E-state index in [9.17, 15) is 5.11 Å². The van der Waals surface area contributed by atoms with Gasteiger partial charge in [0.25, 0.3) is 0 Å². The predicted molar refractivity (Wildman–Crippen MR) is 64.4 cm³/mol. The van der Waals surface area contributed by atoms with E-state index >= 15 is 0 Å². The van der Waals surface area contributed by atoms with Crippen molar-refractivity contribution >= 4 is 11.6 Å². The first kappa shape index (κ1) is 11.3. The third-order valence-electron chi connectivity index (χ3n) is 3.51. The predicted octanol–water partition coefficient (Wildman–Crippen LogP) is 2.71. The van der Waals surface area contributed by atoms with Crippen molar-refractivity contribution < 1.29 is 14.6 Å². The SMILES string of the molecule is O[C@H]1CC2(CCCOC2)Oc2ccc(Cl)cc21. The van der Waals surface area contributed by atoms with Gasteiger partial charge in [-0.05, 0) is 31.0 Å². The van der Waals surface area contributed by atoms with E-state index < -0.39 is 6.10 Å². The summed E-state index contributed by atoms with van der Waals surface area (Å²) in [5.41, 5.74) is 0.437. The van der Waals surface area contributed by atoms with Gasteiger partial charge in [0, 0.05) is 23.6 Å². The Morgan fingerprint density at radius 2 is 2.29 bits per heavy atom. The minimum atomic E-state index is -0.515. The van der Waals surface area contributed by atoms with Crippen LogP contribution in [-0.4, -0.2) is 23.9 Å². The van der Waals surface area contributed by atoms with E-state index in [-0.39, 0.29) is 5.60 Å². The summed E-state index contributed by atoms with van der Waals surface area (Å²) in [6.07, 6.45) is 1.99. The molecule has 0 saturated carbocycles. The van der Waals surface area contributed by atoms with Gasteiger partial charge in [0.1, 0.15) is 11.4 Å². The molecule has 0 aromatic heterocycles. The van der Waals surface area contributed by atoms with E-state index in [1.54, 1.807) is 12.1 Å². The highest BCUT2D eigenvalue weighted by Gasteiger charge is 2.42. The van der Waals surface area contributed by atoms with Gasteiger partial charge in [-0.15, -0.1) is 0 Å². The van der Waals surface area contributed by atoms with Gasteiger partial charge >= 0.3 is 0 Å². The molecule has 1 N–H and O–H groups in total. The molecule has 4 heteroatoms. The van der Waals surface area contributed by atoms with Gasteiger partial charge < -0.3 is 14.6 Å². The second kappa shape index (κ2) is 4.16. The molecule has 1 saturated heterocycles. The number of rotatable bonds is 0. The number of aliphatic hydroxyl groups excluding tert-OH is 1. The molecule has 0 bridgehead atoms. The Labute approximate surface area is 105 Å². The van der Waals surface area contributed by atoms with Crippen LogP contribution in [0.2, 0.25) is 5.02 Å². The van der Waals surface area contributed by atoms with Crippen molar-refractivity contribution in [3.63, 3.8) is 0 Å². The van der Waals surface area contributed by atoms with E-state index in [0.717, 1.165) is 30.8 Å². The summed E-state index contributed by atoms with van der Waals surface area (Å²) in [5, 5.41) is 10.8. The minimum absolute atomic E-state index is 0.349. The summed E-state index contributed by atoms with van der Waals surface area (Å²) in [7, 11) is 0. The molecule has 1 unspecified atom stereocenters. The molecule has 2 atom stereocenters. The molecule has 2 aliphatic heterocycles. The Kier molecular flexibility index (Phi) is 2.77. The number of aliphatic hydroxyl groups is 1. The highest BCUT2D eigenvalue weighted by atomic mass is 35.5. The highest BCUT2D eigenvalue weighted by molar-refractivity contribution is 6.30. The van der Waals surface area contributed by atoms with Crippen molar-refractivity contribution in [2.45, 2.75) is 31.0 Å². The molecule has 0 aliphatic carbocycles. The lowest BCUT2D eigenvalue weighted by Crippen LogP contribution is -2.47. The lowest BCUT2D eigenvalue weighted by molar-refractivity contribution is -0.103. The summed E-state index contributed by atoms with van der Waals surface area (Å²) in [5.74, 6) is 0.735. The van der Waals surface area contributed by atoms with Gasteiger partial charge in [0.2, 0.25) is 0 Å². The van der Waals surface area contributed by atoms with Crippen LogP contribution in [0.3, 0.4) is 0 Å². The summed E-state index contributed by atoms with van der Waals surface area (Å²) in [6, 6.07) is 5.39. The molecule has 3 rings (SSSR count). The number of ether oxygens (including phenoxy) is 2. The maximum Gasteiger partial charge on any atom is 0.135 e. The molecule has 1 fully saturated rings. The van der Waals surface area contributed by atoms with Crippen molar-refractivity contribution in [1.29, 1.82) is 0 Å². The van der Waals surface area contributed by atoms with Gasteiger partial charge in [-0.3, -0.25) is 0 Å². The fourth-order valence-corrected chi connectivity index (χ4v) is 2.86. The van der Waals surface area contributed by atoms with Crippen LogP contribution in [-0.2, 0) is 4.74 Å². The van der Waals surface area contributed by atoms with Crippen LogP contribution in [0.25, 0.3) is 0 Å². The lowest BCUT2D eigenvalue weighted by atomic mass is 9.85. The van der Waals surface area contributed by atoms with Crippen LogP contribution in [0.5, 0.6) is 5.75 Å². The molecule has 0 radical (unpaired) electrons. The van der Waals surface area contributed by atoms with E-state index in [0.29, 0.717) is 18.1 Å². The molecule has 2 aliphatic rings. The first-order valence-corrected chi connectivity index (χ1v) is 6.31. The monoisotopic (exact) mass is 254 g/mol. The number of halogens is 1. The Balaban J connectivity index is 1.94. The van der Waals surface area contributed by atoms with Crippen LogP contribution in [0.4, 0.5) is 0 Å². The van der Waals surface area contributed by atoms with Gasteiger partial charge in [-0.2, -0.15) is 0 Å². The first-order valence-electron chi connectivity index (χ1n) is 5.93. The van der Waals surface area contributed by atoms with E-state index in [1.165, 1.54) is 0 Å². The van der Waals surface area contributed by atoms with E-state index in [4.69, 9.17) is 21.1 Å². The molecule has 1 spiro atoms. The molecular weight excluding hydrogens is 240 g/mol. The number of hydrogen-bond acceptors (Lipinski definition) is 3. The minimum Gasteiger partial charge on any atom is -0.484 e. The highest BCUT2D eigenvalue weighted by Crippen LogP contribution is 2.43. The van der Waals surface area contributed by atoms with Crippen LogP contribution in [0.15, 0.2) is 18.2 Å². The Morgan fingerprint density at radius 3 is 3.06 bits per heavy atom. The molecule has 0 amide bonds. The first-order chi connectivity index (χ1) is 8.19. The second-order valence-corrected chi connectivity index (χ2v) is 5.28. The summed E-state index contributed by atoms with van der Waals surface area (Å²) in [4.78, 5) is 0. The summed E-state index contributed by atoms with van der Waals surface area (Å²) in [6.45, 7) is 1.35. The fraction of sp³-hybridized carbons (Fsp3) is 0.538. The zero-order chi connectivity index (χ0) is 11.9. The van der Waals surface area contributed by atoms with Crippen LogP contribution in [0, 0.1) is 0 Å². The number of hydrogen-bond donors (Lipinski definition) is 1. The molecule has 92 valence electrons. The normalized spacial score (nSPS) is 32.0. The zero-order valence-electron chi connectivity index (χ0n) is 9.49. The van der Waals surface area contributed by atoms with Crippen LogP contribution < -0.4 is 4.74 Å². The van der Waals surface area contributed by atoms with Crippen LogP contribution in [0.1, 0.15) is 30.9 Å². The maximum absolute atomic E-state index is 10.2. The lowest BCUT2D eigenvalue weighted by Gasteiger charge is -2.42. The third-order valence-corrected chi connectivity index (χ3v) is 3.74. The summed E-state index contributed by atoms with van der Waals surface area (Å²) < 4.78 is 11.5. The van der Waals surface area contributed by atoms with Gasteiger partial charge in [-0.25, -0.2) is 0 Å². The molecule has 17 heavy (non-hydrogen) atoms. The van der Waals surface area contributed by atoms with Crippen LogP contribution >= 0.6 is 11.6 Å². The largest absolute Gasteiger partial charge is 0.484 e. The molecule has 3 nitrogen and oxygen atoms in total. The van der Waals surface area contributed by atoms with Gasteiger partial charge in [0.15, 0.2) is 0 Å². The Hall–Kier alpha value is -0.770. The Bertz CT molecular complexity index is 427. The van der Waals surface area contributed by atoms with E-state index in [1.807, 2.05) is 6.07 Å². The molecule has 2 heterocycles. The van der Waals surface area contributed by atoms with E-state index in [2.05, 4.69) is 0 Å². The zero-order valence-corrected chi connectivity index (χ0v) is 10.2. The van der Waals surface area contributed by atoms with Gasteiger partial charge in [0.05, 0.1) is 12.7 Å². The second-order valence-electron chi connectivity index (χ2n) is 4.84. The fourth-order valence-electron chi connectivity index (χ4n) is 2.68. The Morgan fingerprint density at radius 1 is 1.41 bits per heavy atom. The number of benzene rings is 1. The average molecular weight is 255 g/mol. The molecule has 1 aromatic carbocycles. The van der Waals surface area contributed by atoms with Crippen molar-refractivity contribution in [2.24, 2.45) is 0 Å². The number of fused-ring (bicyclic) bond motifs is 1. The topological polar surface area (TPSA) is 38.7 Å². The van der Waals surface area contributed by atoms with Crippen molar-refractivity contribution in [3.8, 4) is 5.75 Å². The smallest absolute Gasteiger partial charge is 0.135 e. The van der Waals surface area contributed by atoms with Crippen molar-refractivity contribution in [2.75, 3.05) is 13.2 Å². The quantitative estimate of drug-likeness (QED) is 0.774. The average Bonchev–Trinajstić information content (AvgIpc) is 2.31. The van der Waals surface area contributed by atoms with Crippen molar-refractivity contribution in [1.82, 2.24) is 0 Å². The van der Waals surface area contributed by atoms with Crippen molar-refractivity contribution in [3.05, 3.63) is 28.8 Å². The molecule has 1 aromatic rings. The molecular formula is C13H15ClO3. The van der Waals surface area contributed by atoms with Gasteiger partial charge in [-0.1, -0.05) is 11.6 Å². The summed E-state index contributed by atoms with van der Waals surface area (Å²) >= 11 is 5.93. The standard InChI is InChI=1S/C13H15ClO3/c14-9-2-3-12-10(6-9)11(15)7-13(17-12)4-1-5-16-8-13/h2-3,6,11,15H,1,4-5,7-8H2/t11-,13?/m0/s1.